The molecule has 0 aliphatic heterocycles. The number of nitrogens with zero attached hydrogens (tertiary/aromatic N) is 1. The lowest BCUT2D eigenvalue weighted by atomic mass is 10.6. The second-order valence-corrected chi connectivity index (χ2v) is 1.95. The van der Waals surface area contributed by atoms with Crippen LogP contribution in [0.25, 0.3) is 0 Å². The van der Waals surface area contributed by atoms with Crippen molar-refractivity contribution >= 4 is 17.8 Å². The summed E-state index contributed by atoms with van der Waals surface area (Å²) in [6, 6.07) is 0. The van der Waals surface area contributed by atoms with Gasteiger partial charge in [0.25, 0.3) is 0 Å². The van der Waals surface area contributed by atoms with Gasteiger partial charge in [0.15, 0.2) is 6.54 Å². The fraction of sp³-hybridized carbons (Fsp3) is 0.833. The van der Waals surface area contributed by atoms with Crippen LogP contribution >= 0.6 is 11.6 Å². The molecular weight excluding hydrogens is 157 g/mol. The maximum absolute atomic E-state index is 5.49. The molecule has 0 N–H and O–H groups in total. The van der Waals surface area contributed by atoms with E-state index in [9.17, 15) is 0 Å². The van der Waals surface area contributed by atoms with Gasteiger partial charge in [0.05, 0.1) is 5.88 Å². The third-order valence-corrected chi connectivity index (χ3v) is 1.31. The zero-order valence-corrected chi connectivity index (χ0v) is 7.41. The number of halogens is 2. The molecule has 1 nitrogen and oxygen atoms in total. The monoisotopic (exact) mass is 169 g/mol. The van der Waals surface area contributed by atoms with Crippen LogP contribution < -0.4 is 12.4 Å². The molecule has 0 atom stereocenters. The zero-order valence-electron chi connectivity index (χ0n) is 5.90. The first-order valence-electron chi connectivity index (χ1n) is 2.94. The Bertz CT molecular complexity index is 81.1. The topological polar surface area (TPSA) is 3.01 Å². The normalized spacial score (nSPS) is 10.8. The van der Waals surface area contributed by atoms with Gasteiger partial charge in [-0.25, -0.2) is 4.58 Å². The van der Waals surface area contributed by atoms with Gasteiger partial charge in [-0.2, -0.15) is 0 Å². The highest BCUT2D eigenvalue weighted by atomic mass is 35.5. The Hall–Kier alpha value is 0.250. The van der Waals surface area contributed by atoms with Crippen molar-refractivity contribution < 1.29 is 17.0 Å². The van der Waals surface area contributed by atoms with Gasteiger partial charge in [-0.1, -0.05) is 0 Å². The maximum Gasteiger partial charge on any atom is 0.155 e. The van der Waals surface area contributed by atoms with Crippen molar-refractivity contribution in [2.75, 3.05) is 19.0 Å². The van der Waals surface area contributed by atoms with Crippen LogP contribution in [0.4, 0.5) is 0 Å². The summed E-state index contributed by atoms with van der Waals surface area (Å²) >= 11 is 5.49. The number of hydrogen-bond donors (Lipinski definition) is 0. The smallest absolute Gasteiger partial charge is 0.155 e. The van der Waals surface area contributed by atoms with Crippen LogP contribution in [-0.4, -0.2) is 29.8 Å². The SMILES string of the molecule is CC=[N+](CC)CCCl.[Cl-]. The van der Waals surface area contributed by atoms with Crippen LogP contribution in [0.1, 0.15) is 13.8 Å². The van der Waals surface area contributed by atoms with Gasteiger partial charge in [0.2, 0.25) is 0 Å². The molecule has 0 saturated heterocycles. The van der Waals surface area contributed by atoms with E-state index in [-0.39, 0.29) is 12.4 Å². The lowest BCUT2D eigenvalue weighted by Crippen LogP contribution is -3.00. The van der Waals surface area contributed by atoms with E-state index in [1.165, 1.54) is 0 Å². The summed E-state index contributed by atoms with van der Waals surface area (Å²) in [5, 5.41) is 0. The fourth-order valence-electron chi connectivity index (χ4n) is 0.578. The third-order valence-electron chi connectivity index (χ3n) is 1.14. The van der Waals surface area contributed by atoms with Gasteiger partial charge in [0.1, 0.15) is 12.8 Å². The molecule has 0 unspecified atom stereocenters. The van der Waals surface area contributed by atoms with Crippen LogP contribution in [0.3, 0.4) is 0 Å². The highest BCUT2D eigenvalue weighted by Crippen LogP contribution is 1.77. The second kappa shape index (κ2) is 8.25. The molecule has 0 aromatic carbocycles. The zero-order chi connectivity index (χ0) is 6.41. The molecule has 0 fully saturated rings. The summed E-state index contributed by atoms with van der Waals surface area (Å²) in [5.74, 6) is 0.720. The maximum atomic E-state index is 5.49. The quantitative estimate of drug-likeness (QED) is 0.271. The highest BCUT2D eigenvalue weighted by molar-refractivity contribution is 6.17. The van der Waals surface area contributed by atoms with Crippen molar-refractivity contribution in [2.45, 2.75) is 13.8 Å². The Balaban J connectivity index is 0. The Labute approximate surface area is 68.1 Å². The van der Waals surface area contributed by atoms with E-state index in [0.717, 1.165) is 19.0 Å². The Morgan fingerprint density at radius 2 is 2.11 bits per heavy atom. The number of rotatable bonds is 3. The molecule has 0 aromatic rings. The molecule has 0 rings (SSSR count). The lowest BCUT2D eigenvalue weighted by molar-refractivity contribution is -0.515. The van der Waals surface area contributed by atoms with Crippen LogP contribution in [0.2, 0.25) is 0 Å². The first kappa shape index (κ1) is 12.0. The van der Waals surface area contributed by atoms with Crippen molar-refractivity contribution in [2.24, 2.45) is 0 Å². The predicted octanol–water partition coefficient (Wildman–Crippen LogP) is -1.65. The van der Waals surface area contributed by atoms with Gasteiger partial charge >= 0.3 is 0 Å². The number of alkyl halides is 1. The van der Waals surface area contributed by atoms with Crippen molar-refractivity contribution in [3.05, 3.63) is 0 Å². The number of hydrogen-bond acceptors (Lipinski definition) is 0. The summed E-state index contributed by atoms with van der Waals surface area (Å²) in [4.78, 5) is 0. The molecule has 0 aliphatic carbocycles. The summed E-state index contributed by atoms with van der Waals surface area (Å²) < 4.78 is 2.17. The van der Waals surface area contributed by atoms with E-state index >= 15 is 0 Å². The first-order chi connectivity index (χ1) is 3.85. The summed E-state index contributed by atoms with van der Waals surface area (Å²) in [5.41, 5.74) is 0. The minimum atomic E-state index is 0. The van der Waals surface area contributed by atoms with Gasteiger partial charge in [-0.3, -0.25) is 0 Å². The third kappa shape index (κ3) is 6.13. The predicted molar refractivity (Wildman–Crippen MR) is 38.1 cm³/mol. The van der Waals surface area contributed by atoms with Crippen LogP contribution in [0, 0.1) is 0 Å². The van der Waals surface area contributed by atoms with Gasteiger partial charge in [-0.05, 0) is 6.92 Å². The summed E-state index contributed by atoms with van der Waals surface area (Å²) in [7, 11) is 0. The van der Waals surface area contributed by atoms with Crippen molar-refractivity contribution in [1.29, 1.82) is 0 Å². The van der Waals surface area contributed by atoms with Crippen LogP contribution in [0.15, 0.2) is 0 Å². The molecule has 0 radical (unpaired) electrons. The largest absolute Gasteiger partial charge is 1.00 e. The van der Waals surface area contributed by atoms with E-state index in [2.05, 4.69) is 17.7 Å². The second-order valence-electron chi connectivity index (χ2n) is 1.58. The van der Waals surface area contributed by atoms with E-state index in [0.29, 0.717) is 0 Å². The molecule has 0 heterocycles. The Morgan fingerprint density at radius 1 is 1.56 bits per heavy atom. The minimum Gasteiger partial charge on any atom is -1.00 e. The molecule has 0 bridgehead atoms. The van der Waals surface area contributed by atoms with Gasteiger partial charge < -0.3 is 12.4 Å². The molecule has 0 aromatic heterocycles. The molecule has 3 heteroatoms. The summed E-state index contributed by atoms with van der Waals surface area (Å²) in [6.45, 7) is 6.17. The first-order valence-corrected chi connectivity index (χ1v) is 3.48. The highest BCUT2D eigenvalue weighted by Gasteiger charge is 1.93. The van der Waals surface area contributed by atoms with Crippen molar-refractivity contribution in [1.82, 2.24) is 0 Å². The average molecular weight is 170 g/mol. The van der Waals surface area contributed by atoms with E-state index in [1.807, 2.05) is 6.92 Å². The fourth-order valence-corrected chi connectivity index (χ4v) is 0.795. The molecular formula is C6H13Cl2N. The average Bonchev–Trinajstić information content (AvgIpc) is 1.83. The lowest BCUT2D eigenvalue weighted by Gasteiger charge is -1.93. The van der Waals surface area contributed by atoms with E-state index < -0.39 is 0 Å². The van der Waals surface area contributed by atoms with Gasteiger partial charge in [-0.15, -0.1) is 11.6 Å². The molecule has 0 saturated carbocycles. The van der Waals surface area contributed by atoms with Crippen LogP contribution in [0.5, 0.6) is 0 Å². The van der Waals surface area contributed by atoms with Crippen molar-refractivity contribution in [3.8, 4) is 0 Å². The Morgan fingerprint density at radius 3 is 2.22 bits per heavy atom. The van der Waals surface area contributed by atoms with E-state index in [4.69, 9.17) is 11.6 Å². The standard InChI is InChI=1S/C6H13ClN.ClH/c1-3-8(4-2)6-5-7;/h3H,4-6H2,1-2H3;1H/q+1;/p-1. The Kier molecular flexibility index (Phi) is 11.0. The summed E-state index contributed by atoms with van der Waals surface area (Å²) in [6.07, 6.45) is 2.06. The van der Waals surface area contributed by atoms with Gasteiger partial charge in [0, 0.05) is 6.92 Å². The van der Waals surface area contributed by atoms with E-state index in [1.54, 1.807) is 0 Å². The molecule has 0 amide bonds. The molecule has 56 valence electrons. The van der Waals surface area contributed by atoms with Crippen LogP contribution in [-0.2, 0) is 0 Å². The molecule has 0 spiro atoms. The minimum absolute atomic E-state index is 0. The molecule has 0 aliphatic rings. The van der Waals surface area contributed by atoms with Crippen molar-refractivity contribution in [3.63, 3.8) is 0 Å². The molecule has 9 heavy (non-hydrogen) atoms.